The number of hydrogen-bond donors (Lipinski definition) is 2. The van der Waals surface area contributed by atoms with E-state index >= 15 is 0 Å². The standard InChI is InChI=1S/C14H19F2NO3/c15-13(16)6-20-12-3-1-11(2-4-12)5-17-7-14(8-18)9-19-10-14/h1-4,13,17-18H,5-10H2. The second kappa shape index (κ2) is 6.97. The number of alkyl halides is 2. The molecule has 0 radical (unpaired) electrons. The van der Waals surface area contributed by atoms with E-state index in [0.29, 0.717) is 32.1 Å². The summed E-state index contributed by atoms with van der Waals surface area (Å²) in [4.78, 5) is 0. The van der Waals surface area contributed by atoms with Crippen LogP contribution in [0.3, 0.4) is 0 Å². The number of hydrogen-bond acceptors (Lipinski definition) is 4. The molecule has 0 aliphatic carbocycles. The van der Waals surface area contributed by atoms with Gasteiger partial charge in [-0.05, 0) is 17.7 Å². The molecule has 2 N–H and O–H groups in total. The SMILES string of the molecule is OCC1(CNCc2ccc(OCC(F)F)cc2)COC1. The van der Waals surface area contributed by atoms with E-state index in [9.17, 15) is 13.9 Å². The van der Waals surface area contributed by atoms with Gasteiger partial charge in [-0.15, -0.1) is 0 Å². The molecule has 6 heteroatoms. The Bertz CT molecular complexity index is 402. The van der Waals surface area contributed by atoms with Gasteiger partial charge < -0.3 is 19.9 Å². The number of nitrogens with one attached hydrogen (secondary N) is 1. The van der Waals surface area contributed by atoms with Gasteiger partial charge in [-0.2, -0.15) is 0 Å². The molecule has 0 amide bonds. The lowest BCUT2D eigenvalue weighted by Crippen LogP contribution is -2.52. The number of benzene rings is 1. The molecule has 0 saturated carbocycles. The molecule has 20 heavy (non-hydrogen) atoms. The van der Waals surface area contributed by atoms with E-state index in [1.165, 1.54) is 0 Å². The van der Waals surface area contributed by atoms with E-state index in [4.69, 9.17) is 9.47 Å². The number of halogens is 2. The smallest absolute Gasteiger partial charge is 0.272 e. The minimum atomic E-state index is -2.46. The van der Waals surface area contributed by atoms with Gasteiger partial charge in [-0.3, -0.25) is 0 Å². The molecule has 0 bridgehead atoms. The van der Waals surface area contributed by atoms with Gasteiger partial charge in [0.1, 0.15) is 12.4 Å². The van der Waals surface area contributed by atoms with Crippen molar-refractivity contribution in [3.05, 3.63) is 29.8 Å². The van der Waals surface area contributed by atoms with Crippen LogP contribution in [0.2, 0.25) is 0 Å². The summed E-state index contributed by atoms with van der Waals surface area (Å²) in [6.07, 6.45) is -2.46. The van der Waals surface area contributed by atoms with Crippen LogP contribution >= 0.6 is 0 Å². The fraction of sp³-hybridized carbons (Fsp3) is 0.571. The van der Waals surface area contributed by atoms with Crippen molar-refractivity contribution in [2.24, 2.45) is 5.41 Å². The van der Waals surface area contributed by atoms with Crippen molar-refractivity contribution in [2.75, 3.05) is 33.0 Å². The molecule has 1 heterocycles. The Kier molecular flexibility index (Phi) is 5.28. The quantitative estimate of drug-likeness (QED) is 0.759. The normalized spacial score (nSPS) is 17.0. The Morgan fingerprint density at radius 3 is 2.50 bits per heavy atom. The molecule has 4 nitrogen and oxygen atoms in total. The van der Waals surface area contributed by atoms with Gasteiger partial charge in [-0.25, -0.2) is 8.78 Å². The van der Waals surface area contributed by atoms with E-state index in [2.05, 4.69) is 5.32 Å². The molecule has 0 spiro atoms. The summed E-state index contributed by atoms with van der Waals surface area (Å²) in [5.41, 5.74) is 0.878. The molecule has 0 aromatic heterocycles. The van der Waals surface area contributed by atoms with Crippen LogP contribution in [-0.4, -0.2) is 44.5 Å². The summed E-state index contributed by atoms with van der Waals surface area (Å²) in [6.45, 7) is 2.02. The number of rotatable bonds is 8. The van der Waals surface area contributed by atoms with Crippen molar-refractivity contribution < 1.29 is 23.4 Å². The Morgan fingerprint density at radius 1 is 1.30 bits per heavy atom. The van der Waals surface area contributed by atoms with Crippen LogP contribution in [0.25, 0.3) is 0 Å². The zero-order chi connectivity index (χ0) is 14.4. The second-order valence-electron chi connectivity index (χ2n) is 5.10. The van der Waals surface area contributed by atoms with E-state index in [0.717, 1.165) is 5.56 Å². The van der Waals surface area contributed by atoms with Crippen molar-refractivity contribution >= 4 is 0 Å². The fourth-order valence-electron chi connectivity index (χ4n) is 1.97. The first-order valence-corrected chi connectivity index (χ1v) is 6.53. The van der Waals surface area contributed by atoms with Crippen LogP contribution in [0.4, 0.5) is 8.78 Å². The lowest BCUT2D eigenvalue weighted by Gasteiger charge is -2.40. The molecule has 112 valence electrons. The Hall–Kier alpha value is -1.24. The summed E-state index contributed by atoms with van der Waals surface area (Å²) in [5.74, 6) is 0.438. The Labute approximate surface area is 116 Å². The monoisotopic (exact) mass is 287 g/mol. The molecule has 2 rings (SSSR count). The lowest BCUT2D eigenvalue weighted by atomic mass is 9.87. The van der Waals surface area contributed by atoms with E-state index in [1.807, 2.05) is 12.1 Å². The summed E-state index contributed by atoms with van der Waals surface area (Å²) >= 11 is 0. The number of aliphatic hydroxyl groups is 1. The summed E-state index contributed by atoms with van der Waals surface area (Å²) in [6, 6.07) is 7.01. The summed E-state index contributed by atoms with van der Waals surface area (Å²) in [5, 5.41) is 12.5. The minimum absolute atomic E-state index is 0.112. The maximum absolute atomic E-state index is 12.0. The molecular weight excluding hydrogens is 268 g/mol. The molecule has 1 saturated heterocycles. The van der Waals surface area contributed by atoms with Crippen LogP contribution in [-0.2, 0) is 11.3 Å². The first kappa shape index (κ1) is 15.2. The first-order valence-electron chi connectivity index (χ1n) is 6.53. The average molecular weight is 287 g/mol. The van der Waals surface area contributed by atoms with Crippen molar-refractivity contribution in [1.82, 2.24) is 5.32 Å². The molecule has 1 aromatic rings. The number of ether oxygens (including phenoxy) is 2. The van der Waals surface area contributed by atoms with Crippen molar-refractivity contribution in [1.29, 1.82) is 0 Å². The van der Waals surface area contributed by atoms with Crippen LogP contribution in [0.5, 0.6) is 5.75 Å². The lowest BCUT2D eigenvalue weighted by molar-refractivity contribution is -0.134. The zero-order valence-electron chi connectivity index (χ0n) is 11.1. The van der Waals surface area contributed by atoms with Crippen molar-refractivity contribution in [3.63, 3.8) is 0 Å². The second-order valence-corrected chi connectivity index (χ2v) is 5.10. The van der Waals surface area contributed by atoms with Gasteiger partial charge in [0.05, 0.1) is 25.2 Å². The van der Waals surface area contributed by atoms with Gasteiger partial charge in [0.25, 0.3) is 6.43 Å². The molecule has 0 atom stereocenters. The van der Waals surface area contributed by atoms with Gasteiger partial charge >= 0.3 is 0 Å². The van der Waals surface area contributed by atoms with Gasteiger partial charge in [0.2, 0.25) is 0 Å². The predicted octanol–water partition coefficient (Wildman–Crippen LogP) is 1.43. The minimum Gasteiger partial charge on any atom is -0.488 e. The third kappa shape index (κ3) is 4.13. The van der Waals surface area contributed by atoms with Crippen LogP contribution in [0.15, 0.2) is 24.3 Å². The van der Waals surface area contributed by atoms with E-state index < -0.39 is 13.0 Å². The Morgan fingerprint density at radius 2 is 2.00 bits per heavy atom. The maximum atomic E-state index is 12.0. The molecule has 1 aromatic carbocycles. The molecule has 1 aliphatic heterocycles. The van der Waals surface area contributed by atoms with E-state index in [-0.39, 0.29) is 12.0 Å². The average Bonchev–Trinajstić information content (AvgIpc) is 2.41. The predicted molar refractivity (Wildman–Crippen MR) is 70.0 cm³/mol. The number of aliphatic hydroxyl groups excluding tert-OH is 1. The highest BCUT2D eigenvalue weighted by Gasteiger charge is 2.37. The topological polar surface area (TPSA) is 50.7 Å². The van der Waals surface area contributed by atoms with Gasteiger partial charge in [0.15, 0.2) is 0 Å². The third-order valence-corrected chi connectivity index (χ3v) is 3.28. The fourth-order valence-corrected chi connectivity index (χ4v) is 1.97. The molecule has 0 unspecified atom stereocenters. The maximum Gasteiger partial charge on any atom is 0.272 e. The van der Waals surface area contributed by atoms with Crippen LogP contribution in [0, 0.1) is 5.41 Å². The highest BCUT2D eigenvalue weighted by molar-refractivity contribution is 5.27. The third-order valence-electron chi connectivity index (χ3n) is 3.28. The molecule has 1 fully saturated rings. The van der Waals surface area contributed by atoms with Gasteiger partial charge in [-0.1, -0.05) is 12.1 Å². The van der Waals surface area contributed by atoms with Crippen molar-refractivity contribution in [3.8, 4) is 5.75 Å². The van der Waals surface area contributed by atoms with Crippen molar-refractivity contribution in [2.45, 2.75) is 13.0 Å². The van der Waals surface area contributed by atoms with Gasteiger partial charge in [0, 0.05) is 13.1 Å². The largest absolute Gasteiger partial charge is 0.488 e. The summed E-state index contributed by atoms with van der Waals surface area (Å²) < 4.78 is 34.0. The molecular formula is C14H19F2NO3. The summed E-state index contributed by atoms with van der Waals surface area (Å²) in [7, 11) is 0. The highest BCUT2D eigenvalue weighted by atomic mass is 19.3. The first-order chi connectivity index (χ1) is 9.63. The zero-order valence-corrected chi connectivity index (χ0v) is 11.1. The molecule has 1 aliphatic rings. The van der Waals surface area contributed by atoms with E-state index in [1.54, 1.807) is 12.1 Å². The van der Waals surface area contributed by atoms with Crippen LogP contribution < -0.4 is 10.1 Å². The highest BCUT2D eigenvalue weighted by Crippen LogP contribution is 2.25. The Balaban J connectivity index is 1.73. The van der Waals surface area contributed by atoms with Crippen LogP contribution in [0.1, 0.15) is 5.56 Å².